The summed E-state index contributed by atoms with van der Waals surface area (Å²) in [6.45, 7) is 0. The van der Waals surface area contributed by atoms with Crippen molar-refractivity contribution in [1.82, 2.24) is 0 Å². The Morgan fingerprint density at radius 1 is 1.20 bits per heavy atom. The molecule has 0 atom stereocenters. The van der Waals surface area contributed by atoms with Gasteiger partial charge in [0.05, 0.1) is 0 Å². The van der Waals surface area contributed by atoms with E-state index in [1.54, 1.807) is 0 Å². The summed E-state index contributed by atoms with van der Waals surface area (Å²) in [5.74, 6) is -0.319. The lowest BCUT2D eigenvalue weighted by Gasteiger charge is -1.86. The van der Waals surface area contributed by atoms with Crippen molar-refractivity contribution in [3.63, 3.8) is 0 Å². The summed E-state index contributed by atoms with van der Waals surface area (Å²) in [4.78, 5) is 10.00. The number of hydrogen-bond donors (Lipinski definition) is 0. The van der Waals surface area contributed by atoms with Gasteiger partial charge < -0.3 is 0 Å². The third kappa shape index (κ3) is 1.97. The number of hydrogen-bond acceptors (Lipinski definition) is 1. The topological polar surface area (TPSA) is 17.1 Å². The maximum Gasteiger partial charge on any atom is 0.150 e. The summed E-state index contributed by atoms with van der Waals surface area (Å²) in [5, 5.41) is 0. The van der Waals surface area contributed by atoms with E-state index in [4.69, 9.17) is 0 Å². The van der Waals surface area contributed by atoms with Crippen LogP contribution in [0.4, 0.5) is 4.39 Å². The fourth-order valence-corrected chi connectivity index (χ4v) is 0.541. The number of carbonyl (C=O) groups excluding carboxylic acids is 1. The van der Waals surface area contributed by atoms with Crippen LogP contribution >= 0.6 is 0 Å². The van der Waals surface area contributed by atoms with Gasteiger partial charge in [0.2, 0.25) is 0 Å². The summed E-state index contributed by atoms with van der Waals surface area (Å²) in [6.07, 6.45) is 0.680. The highest BCUT2D eigenvalue weighted by molar-refractivity contribution is 5.74. The number of benzene rings is 1. The van der Waals surface area contributed by atoms with Crippen LogP contribution in [-0.4, -0.2) is 6.29 Å². The number of halogens is 1. The zero-order valence-electron chi connectivity index (χ0n) is 4.67. The monoisotopic (exact) mass is 139 g/mol. The number of aldehydes is 1. The van der Waals surface area contributed by atoms with Gasteiger partial charge in [-0.25, -0.2) is 4.39 Å². The van der Waals surface area contributed by atoms with Crippen LogP contribution in [0.2, 0.25) is 0 Å². The Kier molecular flexibility index (Phi) is 3.33. The first-order chi connectivity index (χ1) is 4.33. The second-order valence-electron chi connectivity index (χ2n) is 1.67. The van der Waals surface area contributed by atoms with E-state index >= 15 is 0 Å². The highest BCUT2D eigenvalue weighted by Crippen LogP contribution is 1.98. The SMILES string of the molecule is C.O=Cc1ccc([18F])cc1. The van der Waals surface area contributed by atoms with Gasteiger partial charge in [-0.2, -0.15) is 0 Å². The van der Waals surface area contributed by atoms with Gasteiger partial charge in [0.25, 0.3) is 0 Å². The fraction of sp³-hybridized carbons (Fsp3) is 0.125. The predicted molar refractivity (Wildman–Crippen MR) is 38.5 cm³/mol. The predicted octanol–water partition coefficient (Wildman–Crippen LogP) is 2.27. The molecule has 1 aromatic carbocycles. The van der Waals surface area contributed by atoms with E-state index in [-0.39, 0.29) is 13.2 Å². The highest BCUT2D eigenvalue weighted by atomic mass is 18.2. The Hall–Kier alpha value is -1.18. The minimum Gasteiger partial charge on any atom is -0.298 e. The molecule has 0 amide bonds. The molecular formula is C8H9FO. The van der Waals surface area contributed by atoms with Crippen LogP contribution < -0.4 is 0 Å². The first kappa shape index (κ1) is 8.82. The summed E-state index contributed by atoms with van der Waals surface area (Å²) in [5.41, 5.74) is 0.497. The van der Waals surface area contributed by atoms with Crippen LogP contribution in [0.15, 0.2) is 24.3 Å². The zero-order valence-corrected chi connectivity index (χ0v) is 4.67. The second kappa shape index (κ2) is 3.77. The molecule has 1 nitrogen and oxygen atoms in total. The molecule has 1 aromatic rings. The average molecular weight is 139 g/mol. The Labute approximate surface area is 59.5 Å². The van der Waals surface area contributed by atoms with Crippen LogP contribution in [0.25, 0.3) is 0 Å². The minimum atomic E-state index is -0.319. The molecule has 0 aromatic heterocycles. The van der Waals surface area contributed by atoms with E-state index in [0.29, 0.717) is 11.8 Å². The Morgan fingerprint density at radius 3 is 2.10 bits per heavy atom. The van der Waals surface area contributed by atoms with Crippen LogP contribution in [0, 0.1) is 5.82 Å². The number of carbonyl (C=O) groups is 1. The summed E-state index contributed by atoms with van der Waals surface area (Å²) >= 11 is 0. The molecule has 2 heteroatoms. The molecule has 10 heavy (non-hydrogen) atoms. The molecule has 0 fully saturated rings. The quantitative estimate of drug-likeness (QED) is 0.545. The Balaban J connectivity index is 0.000000810. The third-order valence-electron chi connectivity index (χ3n) is 1.01. The van der Waals surface area contributed by atoms with Gasteiger partial charge in [0, 0.05) is 5.56 Å². The van der Waals surface area contributed by atoms with E-state index < -0.39 is 0 Å². The first-order valence-electron chi connectivity index (χ1n) is 2.53. The van der Waals surface area contributed by atoms with Crippen molar-refractivity contribution in [2.45, 2.75) is 7.43 Å². The van der Waals surface area contributed by atoms with Gasteiger partial charge in [-0.1, -0.05) is 7.43 Å². The van der Waals surface area contributed by atoms with Gasteiger partial charge in [0.1, 0.15) is 12.1 Å². The molecule has 1 rings (SSSR count). The highest BCUT2D eigenvalue weighted by Gasteiger charge is 1.87. The van der Waals surface area contributed by atoms with Crippen molar-refractivity contribution in [1.29, 1.82) is 0 Å². The largest absolute Gasteiger partial charge is 0.298 e. The van der Waals surface area contributed by atoms with Gasteiger partial charge >= 0.3 is 0 Å². The lowest BCUT2D eigenvalue weighted by molar-refractivity contribution is 0.112. The molecule has 0 N–H and O–H groups in total. The minimum absolute atomic E-state index is 0. The fourth-order valence-electron chi connectivity index (χ4n) is 0.541. The summed E-state index contributed by atoms with van der Waals surface area (Å²) < 4.78 is 12.1. The van der Waals surface area contributed by atoms with Crippen molar-refractivity contribution >= 4 is 6.29 Å². The molecule has 0 aliphatic rings. The second-order valence-corrected chi connectivity index (χ2v) is 1.67. The molecule has 0 heterocycles. The molecule has 0 spiro atoms. The molecule has 0 unspecified atom stereocenters. The first-order valence-corrected chi connectivity index (χ1v) is 2.53. The molecule has 0 radical (unpaired) electrons. The summed E-state index contributed by atoms with van der Waals surface area (Å²) in [7, 11) is 0. The molecular weight excluding hydrogens is 130 g/mol. The molecule has 0 bridgehead atoms. The molecule has 0 saturated heterocycles. The molecule has 0 aliphatic carbocycles. The Morgan fingerprint density at radius 2 is 1.70 bits per heavy atom. The van der Waals surface area contributed by atoms with E-state index in [0.717, 1.165) is 0 Å². The summed E-state index contributed by atoms with van der Waals surface area (Å²) in [6, 6.07) is 5.37. The van der Waals surface area contributed by atoms with Crippen LogP contribution in [-0.2, 0) is 0 Å². The van der Waals surface area contributed by atoms with Gasteiger partial charge in [-0.3, -0.25) is 4.79 Å². The maximum absolute atomic E-state index is 12.1. The van der Waals surface area contributed by atoms with Crippen molar-refractivity contribution in [2.75, 3.05) is 0 Å². The van der Waals surface area contributed by atoms with E-state index in [9.17, 15) is 9.18 Å². The van der Waals surface area contributed by atoms with E-state index in [1.807, 2.05) is 0 Å². The van der Waals surface area contributed by atoms with Crippen molar-refractivity contribution in [3.8, 4) is 0 Å². The van der Waals surface area contributed by atoms with E-state index in [2.05, 4.69) is 0 Å². The van der Waals surface area contributed by atoms with Gasteiger partial charge in [-0.05, 0) is 24.3 Å². The van der Waals surface area contributed by atoms with Gasteiger partial charge in [0.15, 0.2) is 0 Å². The number of rotatable bonds is 1. The van der Waals surface area contributed by atoms with Gasteiger partial charge in [-0.15, -0.1) is 0 Å². The van der Waals surface area contributed by atoms with Crippen molar-refractivity contribution in [2.24, 2.45) is 0 Å². The van der Waals surface area contributed by atoms with Crippen LogP contribution in [0.3, 0.4) is 0 Å². The molecule has 0 saturated carbocycles. The molecule has 54 valence electrons. The molecule has 0 aliphatic heterocycles. The standard InChI is InChI=1S/C7H5FO.CH4/c8-7-3-1-6(5-9)2-4-7;/h1-5H;1H4/i8-1;. The lowest BCUT2D eigenvalue weighted by atomic mass is 10.2. The average Bonchev–Trinajstić information content (AvgIpc) is 1.90. The van der Waals surface area contributed by atoms with Crippen molar-refractivity contribution < 1.29 is 9.18 Å². The van der Waals surface area contributed by atoms with Crippen LogP contribution in [0.1, 0.15) is 17.8 Å². The maximum atomic E-state index is 12.1. The lowest BCUT2D eigenvalue weighted by Crippen LogP contribution is -1.77. The third-order valence-corrected chi connectivity index (χ3v) is 1.01. The Bertz CT molecular complexity index is 203. The zero-order chi connectivity index (χ0) is 6.69. The van der Waals surface area contributed by atoms with Crippen molar-refractivity contribution in [3.05, 3.63) is 35.6 Å². The van der Waals surface area contributed by atoms with Crippen LogP contribution in [0.5, 0.6) is 0 Å². The smallest absolute Gasteiger partial charge is 0.150 e. The normalized spacial score (nSPS) is 8.10. The van der Waals surface area contributed by atoms with E-state index in [1.165, 1.54) is 24.3 Å².